The zero-order chi connectivity index (χ0) is 10.6. The number of fused-ring (bicyclic) bond motifs is 1. The van der Waals surface area contributed by atoms with Crippen LogP contribution in [0.15, 0.2) is 24.4 Å². The van der Waals surface area contributed by atoms with E-state index in [9.17, 15) is 0 Å². The third kappa shape index (κ3) is 4.31. The molecule has 1 aromatic heterocycles. The smallest absolute Gasteiger partial charge is 0.206 e. The lowest BCUT2D eigenvalue weighted by Gasteiger charge is -2.17. The molecule has 0 spiro atoms. The van der Waals surface area contributed by atoms with Crippen molar-refractivity contribution in [3.05, 3.63) is 35.7 Å². The second-order valence-electron chi connectivity index (χ2n) is 2.59. The van der Waals surface area contributed by atoms with Gasteiger partial charge >= 0.3 is 0 Å². The van der Waals surface area contributed by atoms with Crippen molar-refractivity contribution in [3.63, 3.8) is 0 Å². The molecule has 0 atom stereocenters. The molecule has 0 aliphatic heterocycles. The number of aromatic nitrogens is 1. The molecule has 0 fully saturated rings. The quantitative estimate of drug-likeness (QED) is 0.446. The van der Waals surface area contributed by atoms with E-state index in [-0.39, 0.29) is 0 Å². The minimum absolute atomic E-state index is 1.09. The lowest BCUT2D eigenvalue weighted by Crippen LogP contribution is -2.68. The van der Waals surface area contributed by atoms with Gasteiger partial charge in [-0.1, -0.05) is 6.08 Å². The van der Waals surface area contributed by atoms with E-state index in [1.807, 2.05) is 12.3 Å². The van der Waals surface area contributed by atoms with Gasteiger partial charge in [-0.3, -0.25) is 0 Å². The molecule has 1 heterocycles. The van der Waals surface area contributed by atoms with E-state index >= 15 is 0 Å². The Hall–Kier alpha value is -0.980. The molecule has 1 aromatic rings. The number of halogens is 1. The van der Waals surface area contributed by atoms with Gasteiger partial charge in [0.2, 0.25) is 5.69 Å². The highest BCUT2D eigenvalue weighted by Gasteiger charge is 2.07. The van der Waals surface area contributed by atoms with Gasteiger partial charge in [-0.2, -0.15) is 0 Å². The van der Waals surface area contributed by atoms with Gasteiger partial charge in [0.1, 0.15) is 0 Å². The first kappa shape index (κ1) is 11.1. The monoisotopic (exact) mass is 217 g/mol. The van der Waals surface area contributed by atoms with Crippen molar-refractivity contribution in [1.82, 2.24) is 0 Å². The average molecular weight is 218 g/mol. The SMILES string of the molecule is C1=Cc2[nH+]cccc2C1.[O-][Cl+3]([O-])([O-])[O-]. The van der Waals surface area contributed by atoms with Crippen molar-refractivity contribution in [2.45, 2.75) is 6.42 Å². The number of hydrogen-bond donors (Lipinski definition) is 0. The molecule has 1 aliphatic rings. The van der Waals surface area contributed by atoms with Crippen LogP contribution in [0.4, 0.5) is 0 Å². The summed E-state index contributed by atoms with van der Waals surface area (Å²) in [7, 11) is -4.94. The van der Waals surface area contributed by atoms with Crippen LogP contribution in [0.25, 0.3) is 6.08 Å². The van der Waals surface area contributed by atoms with Gasteiger partial charge < -0.3 is 0 Å². The summed E-state index contributed by atoms with van der Waals surface area (Å²) in [5, 5.41) is 0. The van der Waals surface area contributed by atoms with Crippen molar-refractivity contribution in [1.29, 1.82) is 0 Å². The zero-order valence-electron chi connectivity index (χ0n) is 7.10. The predicted octanol–water partition coefficient (Wildman–Crippen LogP) is -3.69. The first-order valence-electron chi connectivity index (χ1n) is 3.75. The van der Waals surface area contributed by atoms with Crippen LogP contribution in [0, 0.1) is 10.2 Å². The first-order chi connectivity index (χ1) is 6.47. The van der Waals surface area contributed by atoms with E-state index in [1.54, 1.807) is 0 Å². The van der Waals surface area contributed by atoms with E-state index in [0.29, 0.717) is 0 Å². The summed E-state index contributed by atoms with van der Waals surface area (Å²) in [4.78, 5) is 3.16. The molecule has 76 valence electrons. The highest BCUT2D eigenvalue weighted by Crippen LogP contribution is 2.12. The Morgan fingerprint density at radius 2 is 1.86 bits per heavy atom. The fourth-order valence-corrected chi connectivity index (χ4v) is 1.12. The lowest BCUT2D eigenvalue weighted by molar-refractivity contribution is -2.00. The molecule has 0 unspecified atom stereocenters. The van der Waals surface area contributed by atoms with Gasteiger partial charge in [0.15, 0.2) is 6.20 Å². The van der Waals surface area contributed by atoms with E-state index in [1.165, 1.54) is 11.3 Å². The number of rotatable bonds is 0. The number of allylic oxidation sites excluding steroid dienone is 1. The van der Waals surface area contributed by atoms with Crippen molar-refractivity contribution in [2.75, 3.05) is 0 Å². The average Bonchev–Trinajstić information content (AvgIpc) is 2.47. The van der Waals surface area contributed by atoms with E-state index < -0.39 is 10.2 Å². The Morgan fingerprint density at radius 1 is 1.21 bits per heavy atom. The number of H-pyrrole nitrogens is 1. The van der Waals surface area contributed by atoms with Crippen LogP contribution in [0.1, 0.15) is 11.3 Å². The summed E-state index contributed by atoms with van der Waals surface area (Å²) < 4.78 is 34.0. The Morgan fingerprint density at radius 3 is 2.43 bits per heavy atom. The molecule has 0 amide bonds. The molecule has 0 radical (unpaired) electrons. The third-order valence-electron chi connectivity index (χ3n) is 1.60. The summed E-state index contributed by atoms with van der Waals surface area (Å²) in [6, 6.07) is 4.18. The van der Waals surface area contributed by atoms with Gasteiger partial charge in [-0.15, -0.1) is 10.2 Å². The van der Waals surface area contributed by atoms with Crippen LogP contribution in [0.5, 0.6) is 0 Å². The van der Waals surface area contributed by atoms with Gasteiger partial charge in [0, 0.05) is 17.7 Å². The fourth-order valence-electron chi connectivity index (χ4n) is 1.12. The first-order valence-corrected chi connectivity index (χ1v) is 4.98. The Labute approximate surface area is 82.7 Å². The summed E-state index contributed by atoms with van der Waals surface area (Å²) in [6.45, 7) is 0. The molecule has 1 N–H and O–H groups in total. The molecule has 14 heavy (non-hydrogen) atoms. The number of aromatic amines is 1. The van der Waals surface area contributed by atoms with Crippen LogP contribution in [-0.2, 0) is 6.42 Å². The minimum atomic E-state index is -4.94. The molecule has 1 aliphatic carbocycles. The summed E-state index contributed by atoms with van der Waals surface area (Å²) in [5.41, 5.74) is 2.66. The fraction of sp³-hybridized carbons (Fsp3) is 0.125. The molecule has 0 bridgehead atoms. The number of pyridine rings is 1. The Balaban J connectivity index is 0.000000171. The van der Waals surface area contributed by atoms with Gasteiger partial charge in [0.05, 0.1) is 0 Å². The molecular formula is C8H8ClNO4. The molecule has 0 aromatic carbocycles. The largest absolute Gasteiger partial charge is 0.222 e. The second kappa shape index (κ2) is 4.50. The Kier molecular flexibility index (Phi) is 3.56. The highest BCUT2D eigenvalue weighted by molar-refractivity contribution is 5.52. The topological polar surface area (TPSA) is 106 Å². The number of hydrogen-bond acceptors (Lipinski definition) is 4. The van der Waals surface area contributed by atoms with Crippen LogP contribution in [0.3, 0.4) is 0 Å². The molecule has 6 heteroatoms. The minimum Gasteiger partial charge on any atom is -0.222 e. The van der Waals surface area contributed by atoms with Crippen LogP contribution >= 0.6 is 0 Å². The molecule has 5 nitrogen and oxygen atoms in total. The normalized spacial score (nSPS) is 13.1. The van der Waals surface area contributed by atoms with Crippen LogP contribution in [-0.4, -0.2) is 0 Å². The molecule has 0 saturated heterocycles. The summed E-state index contributed by atoms with van der Waals surface area (Å²) >= 11 is 0. The van der Waals surface area contributed by atoms with Gasteiger partial charge in [-0.25, -0.2) is 23.6 Å². The van der Waals surface area contributed by atoms with Crippen molar-refractivity contribution < 1.29 is 33.9 Å². The van der Waals surface area contributed by atoms with Crippen molar-refractivity contribution in [2.24, 2.45) is 0 Å². The van der Waals surface area contributed by atoms with Crippen LogP contribution in [0.2, 0.25) is 0 Å². The zero-order valence-corrected chi connectivity index (χ0v) is 7.86. The number of nitrogens with one attached hydrogen (secondary N) is 1. The van der Waals surface area contributed by atoms with E-state index in [0.717, 1.165) is 6.42 Å². The lowest BCUT2D eigenvalue weighted by atomic mass is 10.2. The van der Waals surface area contributed by atoms with Gasteiger partial charge in [0.25, 0.3) is 0 Å². The predicted molar refractivity (Wildman–Crippen MR) is 35.7 cm³/mol. The van der Waals surface area contributed by atoms with E-state index in [2.05, 4.69) is 23.2 Å². The van der Waals surface area contributed by atoms with Gasteiger partial charge in [-0.05, 0) is 12.5 Å². The van der Waals surface area contributed by atoms with Crippen molar-refractivity contribution in [3.8, 4) is 0 Å². The standard InChI is InChI=1S/C8H7N.ClHO4/c1-3-7-4-2-6-9-8(7)5-1;2-1(3,4)5/h1-2,4-6H,3H2;(H,2,3,4,5). The maximum absolute atomic E-state index is 8.49. The maximum Gasteiger partial charge on any atom is 0.206 e. The second-order valence-corrected chi connectivity index (χ2v) is 3.35. The maximum atomic E-state index is 8.49. The van der Waals surface area contributed by atoms with Crippen LogP contribution < -0.4 is 23.6 Å². The Bertz CT molecular complexity index is 328. The third-order valence-corrected chi connectivity index (χ3v) is 1.60. The van der Waals surface area contributed by atoms with Crippen molar-refractivity contribution >= 4 is 6.08 Å². The molecule has 2 rings (SSSR count). The highest BCUT2D eigenvalue weighted by atomic mass is 35.7. The summed E-state index contributed by atoms with van der Waals surface area (Å²) in [6.07, 6.45) is 7.33. The summed E-state index contributed by atoms with van der Waals surface area (Å²) in [5.74, 6) is 0. The molecular weight excluding hydrogens is 210 g/mol. The van der Waals surface area contributed by atoms with E-state index in [4.69, 9.17) is 18.6 Å². The molecule has 0 saturated carbocycles.